The molecule has 2 saturated heterocycles. The van der Waals surface area contributed by atoms with Gasteiger partial charge >= 0.3 is 12.1 Å². The fourth-order valence-electron chi connectivity index (χ4n) is 2.61. The summed E-state index contributed by atoms with van der Waals surface area (Å²) in [4.78, 5) is 26.5. The Morgan fingerprint density at radius 2 is 2.15 bits per heavy atom. The van der Waals surface area contributed by atoms with Crippen molar-refractivity contribution in [3.05, 3.63) is 0 Å². The van der Waals surface area contributed by atoms with E-state index in [-0.39, 0.29) is 12.1 Å². The molecule has 0 spiro atoms. The van der Waals surface area contributed by atoms with Gasteiger partial charge in [0.1, 0.15) is 0 Å². The Bertz CT molecular complexity index is 343. The molecule has 3 amide bonds. The number of nitrogens with one attached hydrogen (secondary N) is 2. The van der Waals surface area contributed by atoms with Gasteiger partial charge in [-0.3, -0.25) is 0 Å². The van der Waals surface area contributed by atoms with Crippen LogP contribution in [-0.4, -0.2) is 73.8 Å². The highest BCUT2D eigenvalue weighted by molar-refractivity contribution is 5.76. The van der Waals surface area contributed by atoms with Crippen LogP contribution in [0.4, 0.5) is 9.59 Å². The third-order valence-electron chi connectivity index (χ3n) is 3.78. The van der Waals surface area contributed by atoms with Crippen molar-refractivity contribution in [2.75, 3.05) is 45.9 Å². The largest absolute Gasteiger partial charge is 0.450 e. The Kier molecular flexibility index (Phi) is 5.46. The zero-order valence-corrected chi connectivity index (χ0v) is 12.1. The molecule has 0 aromatic heterocycles. The number of ether oxygens (including phenoxy) is 1. The van der Waals surface area contributed by atoms with Gasteiger partial charge in [0.05, 0.1) is 6.61 Å². The quantitative estimate of drug-likeness (QED) is 0.757. The molecule has 0 aromatic carbocycles. The van der Waals surface area contributed by atoms with Crippen molar-refractivity contribution in [3.63, 3.8) is 0 Å². The average Bonchev–Trinajstić information content (AvgIpc) is 2.85. The average molecular weight is 284 g/mol. The molecule has 114 valence electrons. The lowest BCUT2D eigenvalue weighted by molar-refractivity contribution is 0.0949. The predicted octanol–water partition coefficient (Wildman–Crippen LogP) is 0.222. The van der Waals surface area contributed by atoms with Gasteiger partial charge in [0.25, 0.3) is 0 Å². The summed E-state index contributed by atoms with van der Waals surface area (Å²) in [5, 5.41) is 6.25. The molecule has 20 heavy (non-hydrogen) atoms. The van der Waals surface area contributed by atoms with E-state index in [4.69, 9.17) is 4.74 Å². The lowest BCUT2D eigenvalue weighted by Crippen LogP contribution is -2.46. The normalized spacial score (nSPS) is 20.1. The van der Waals surface area contributed by atoms with Gasteiger partial charge in [0.2, 0.25) is 0 Å². The van der Waals surface area contributed by atoms with Gasteiger partial charge in [0.15, 0.2) is 0 Å². The van der Waals surface area contributed by atoms with Crippen LogP contribution < -0.4 is 10.6 Å². The highest BCUT2D eigenvalue weighted by Gasteiger charge is 2.24. The molecule has 0 bridgehead atoms. The van der Waals surface area contributed by atoms with Crippen molar-refractivity contribution in [2.24, 2.45) is 0 Å². The summed E-state index contributed by atoms with van der Waals surface area (Å²) >= 11 is 0. The minimum absolute atomic E-state index is 0.0314. The number of amides is 3. The van der Waals surface area contributed by atoms with Gasteiger partial charge in [-0.2, -0.15) is 0 Å². The summed E-state index contributed by atoms with van der Waals surface area (Å²) < 4.78 is 4.99. The molecule has 0 atom stereocenters. The molecule has 2 fully saturated rings. The van der Waals surface area contributed by atoms with E-state index in [0.717, 1.165) is 52.1 Å². The minimum Gasteiger partial charge on any atom is -0.450 e. The van der Waals surface area contributed by atoms with E-state index in [9.17, 15) is 9.59 Å². The number of carbonyl (C=O) groups excluding carboxylic acids is 2. The Hall–Kier alpha value is -1.50. The molecule has 2 aliphatic heterocycles. The number of rotatable bonds is 5. The molecule has 0 saturated carbocycles. The lowest BCUT2D eigenvalue weighted by Gasteiger charge is -2.32. The van der Waals surface area contributed by atoms with Crippen molar-refractivity contribution in [1.82, 2.24) is 20.4 Å². The molecule has 2 N–H and O–H groups in total. The Morgan fingerprint density at radius 3 is 2.75 bits per heavy atom. The third-order valence-corrected chi connectivity index (χ3v) is 3.78. The number of carbonyl (C=O) groups is 2. The second-order valence-corrected chi connectivity index (χ2v) is 5.13. The van der Waals surface area contributed by atoms with Gasteiger partial charge in [-0.05, 0) is 19.8 Å². The van der Waals surface area contributed by atoms with Gasteiger partial charge in [-0.1, -0.05) is 0 Å². The fraction of sp³-hybridized carbons (Fsp3) is 0.846. The second-order valence-electron chi connectivity index (χ2n) is 5.13. The van der Waals surface area contributed by atoms with Crippen LogP contribution in [0.5, 0.6) is 0 Å². The van der Waals surface area contributed by atoms with Gasteiger partial charge < -0.3 is 25.2 Å². The molecule has 0 aromatic rings. The number of piperidine rings is 1. The minimum atomic E-state index is -0.209. The first kappa shape index (κ1) is 14.9. The fourth-order valence-corrected chi connectivity index (χ4v) is 2.61. The van der Waals surface area contributed by atoms with Crippen molar-refractivity contribution in [2.45, 2.75) is 25.8 Å². The smallest absolute Gasteiger partial charge is 0.409 e. The van der Waals surface area contributed by atoms with Crippen molar-refractivity contribution in [1.29, 1.82) is 0 Å². The molecule has 7 heteroatoms. The molecule has 0 unspecified atom stereocenters. The van der Waals surface area contributed by atoms with Gasteiger partial charge in [-0.15, -0.1) is 0 Å². The highest BCUT2D eigenvalue weighted by atomic mass is 16.6. The standard InChI is InChI=1S/C13H24N4O3/c1-2-20-13(19)17-7-3-11(4-8-17)14-5-9-16-10-6-15-12(16)18/h11,14H,2-10H2,1H3,(H,15,18). The molecule has 7 nitrogen and oxygen atoms in total. The molecule has 2 heterocycles. The first-order chi connectivity index (χ1) is 9.70. The summed E-state index contributed by atoms with van der Waals surface area (Å²) in [6.07, 6.45) is 1.66. The summed E-state index contributed by atoms with van der Waals surface area (Å²) in [7, 11) is 0. The van der Waals surface area contributed by atoms with E-state index in [2.05, 4.69) is 10.6 Å². The zero-order valence-electron chi connectivity index (χ0n) is 12.1. The van der Waals surface area contributed by atoms with Gasteiger partial charge in [0, 0.05) is 45.3 Å². The summed E-state index contributed by atoms with van der Waals surface area (Å²) in [5.74, 6) is 0. The van der Waals surface area contributed by atoms with Crippen LogP contribution in [0.2, 0.25) is 0 Å². The monoisotopic (exact) mass is 284 g/mol. The van der Waals surface area contributed by atoms with Crippen molar-refractivity contribution < 1.29 is 14.3 Å². The van der Waals surface area contributed by atoms with Crippen LogP contribution in [0.1, 0.15) is 19.8 Å². The van der Waals surface area contributed by atoms with E-state index in [0.29, 0.717) is 12.6 Å². The van der Waals surface area contributed by atoms with E-state index in [1.807, 2.05) is 11.8 Å². The molecule has 0 radical (unpaired) electrons. The molecular weight excluding hydrogens is 260 g/mol. The topological polar surface area (TPSA) is 73.9 Å². The van der Waals surface area contributed by atoms with Crippen LogP contribution >= 0.6 is 0 Å². The van der Waals surface area contributed by atoms with Crippen molar-refractivity contribution in [3.8, 4) is 0 Å². The lowest BCUT2D eigenvalue weighted by atomic mass is 10.1. The predicted molar refractivity (Wildman–Crippen MR) is 74.6 cm³/mol. The summed E-state index contributed by atoms with van der Waals surface area (Å²) in [5.41, 5.74) is 0. The SMILES string of the molecule is CCOC(=O)N1CCC(NCCN2CCNC2=O)CC1. The Labute approximate surface area is 119 Å². The summed E-state index contributed by atoms with van der Waals surface area (Å²) in [6.45, 7) is 6.80. The first-order valence-electron chi connectivity index (χ1n) is 7.38. The van der Waals surface area contributed by atoms with E-state index < -0.39 is 0 Å². The van der Waals surface area contributed by atoms with Gasteiger partial charge in [-0.25, -0.2) is 9.59 Å². The molecule has 0 aliphatic carbocycles. The Morgan fingerprint density at radius 1 is 1.40 bits per heavy atom. The number of hydrogen-bond donors (Lipinski definition) is 2. The zero-order chi connectivity index (χ0) is 14.4. The van der Waals surface area contributed by atoms with E-state index in [1.165, 1.54) is 0 Å². The maximum atomic E-state index is 11.6. The van der Waals surface area contributed by atoms with Crippen LogP contribution in [-0.2, 0) is 4.74 Å². The second kappa shape index (κ2) is 7.33. The van der Waals surface area contributed by atoms with Crippen LogP contribution in [0.25, 0.3) is 0 Å². The number of likely N-dealkylation sites (tertiary alicyclic amines) is 1. The maximum Gasteiger partial charge on any atom is 0.409 e. The number of nitrogens with zero attached hydrogens (tertiary/aromatic N) is 2. The maximum absolute atomic E-state index is 11.6. The molecule has 2 aliphatic rings. The van der Waals surface area contributed by atoms with Crippen LogP contribution in [0.15, 0.2) is 0 Å². The van der Waals surface area contributed by atoms with E-state index in [1.54, 1.807) is 4.90 Å². The highest BCUT2D eigenvalue weighted by Crippen LogP contribution is 2.11. The number of hydrogen-bond acceptors (Lipinski definition) is 4. The first-order valence-corrected chi connectivity index (χ1v) is 7.38. The van der Waals surface area contributed by atoms with E-state index >= 15 is 0 Å². The Balaban J connectivity index is 1.60. The number of urea groups is 1. The molecule has 2 rings (SSSR count). The van der Waals surface area contributed by atoms with Crippen LogP contribution in [0, 0.1) is 0 Å². The van der Waals surface area contributed by atoms with Crippen LogP contribution in [0.3, 0.4) is 0 Å². The summed E-state index contributed by atoms with van der Waals surface area (Å²) in [6, 6.07) is 0.454. The molecular formula is C13H24N4O3. The van der Waals surface area contributed by atoms with Crippen molar-refractivity contribution >= 4 is 12.1 Å². The third kappa shape index (κ3) is 4.00.